The number of benzene rings is 1. The molecule has 0 spiro atoms. The van der Waals surface area contributed by atoms with E-state index >= 15 is 0 Å². The summed E-state index contributed by atoms with van der Waals surface area (Å²) in [5.41, 5.74) is 2.24. The van der Waals surface area contributed by atoms with Crippen molar-refractivity contribution in [2.75, 3.05) is 13.7 Å². The molecule has 2 aromatic rings. The highest BCUT2D eigenvalue weighted by atomic mass is 79.9. The van der Waals surface area contributed by atoms with E-state index < -0.39 is 0 Å². The lowest BCUT2D eigenvalue weighted by Crippen LogP contribution is -2.23. The zero-order chi connectivity index (χ0) is 15.4. The van der Waals surface area contributed by atoms with E-state index in [0.717, 1.165) is 32.5 Å². The van der Waals surface area contributed by atoms with Gasteiger partial charge in [0.25, 0.3) is 0 Å². The maximum absolute atomic E-state index is 6.23. The maximum Gasteiger partial charge on any atom is 0.138 e. The van der Waals surface area contributed by atoms with E-state index in [1.807, 2.05) is 12.1 Å². The van der Waals surface area contributed by atoms with Crippen LogP contribution in [0.5, 0.6) is 5.75 Å². The fourth-order valence-electron chi connectivity index (χ4n) is 2.18. The zero-order valence-electron chi connectivity index (χ0n) is 11.8. The van der Waals surface area contributed by atoms with Crippen molar-refractivity contribution in [2.24, 2.45) is 0 Å². The van der Waals surface area contributed by atoms with Crippen molar-refractivity contribution in [1.29, 1.82) is 0 Å². The standard InChI is InChI=1S/C15H16Br2ClNOS/c1-3-4-19-14(9-5-13(17)21-8-9)11-6-10(18)7-12(16)15(11)20-2/h5-8,14,19H,3-4H2,1-2H3. The average molecular weight is 454 g/mol. The summed E-state index contributed by atoms with van der Waals surface area (Å²) in [7, 11) is 1.68. The van der Waals surface area contributed by atoms with Crippen LogP contribution in [0.1, 0.15) is 30.5 Å². The Kier molecular flexibility index (Phi) is 6.56. The minimum atomic E-state index is 0.0532. The van der Waals surface area contributed by atoms with Gasteiger partial charge in [-0.15, -0.1) is 11.3 Å². The van der Waals surface area contributed by atoms with Crippen molar-refractivity contribution in [2.45, 2.75) is 19.4 Å². The van der Waals surface area contributed by atoms with Crippen LogP contribution in [0.15, 0.2) is 31.8 Å². The quantitative estimate of drug-likeness (QED) is 0.577. The SMILES string of the molecule is CCCNC(c1csc(Br)c1)c1cc(Cl)cc(Br)c1OC. The van der Waals surface area contributed by atoms with E-state index in [-0.39, 0.29) is 6.04 Å². The molecule has 1 unspecified atom stereocenters. The van der Waals surface area contributed by atoms with Crippen LogP contribution < -0.4 is 10.1 Å². The van der Waals surface area contributed by atoms with Gasteiger partial charge in [0.15, 0.2) is 0 Å². The maximum atomic E-state index is 6.23. The number of halogens is 3. The van der Waals surface area contributed by atoms with E-state index in [2.05, 4.69) is 55.5 Å². The second kappa shape index (κ2) is 7.97. The molecule has 114 valence electrons. The molecule has 0 saturated heterocycles. The Bertz CT molecular complexity index is 618. The minimum absolute atomic E-state index is 0.0532. The monoisotopic (exact) mass is 451 g/mol. The topological polar surface area (TPSA) is 21.3 Å². The van der Waals surface area contributed by atoms with E-state index in [1.165, 1.54) is 5.56 Å². The van der Waals surface area contributed by atoms with Gasteiger partial charge in [-0.2, -0.15) is 0 Å². The molecule has 0 aliphatic heterocycles. The summed E-state index contributed by atoms with van der Waals surface area (Å²) in [4.78, 5) is 0. The third-order valence-electron chi connectivity index (χ3n) is 3.07. The Morgan fingerprint density at radius 2 is 2.10 bits per heavy atom. The molecular weight excluding hydrogens is 437 g/mol. The third-order valence-corrected chi connectivity index (χ3v) is 5.40. The van der Waals surface area contributed by atoms with E-state index in [9.17, 15) is 0 Å². The van der Waals surface area contributed by atoms with Gasteiger partial charge in [0.1, 0.15) is 5.75 Å². The van der Waals surface area contributed by atoms with Crippen molar-refractivity contribution >= 4 is 54.8 Å². The van der Waals surface area contributed by atoms with E-state index in [0.29, 0.717) is 5.02 Å². The molecule has 21 heavy (non-hydrogen) atoms. The van der Waals surface area contributed by atoms with Gasteiger partial charge in [0, 0.05) is 10.6 Å². The Balaban J connectivity index is 2.50. The third kappa shape index (κ3) is 4.23. The second-order valence-electron chi connectivity index (χ2n) is 4.58. The summed E-state index contributed by atoms with van der Waals surface area (Å²) in [6.07, 6.45) is 1.06. The highest BCUT2D eigenvalue weighted by Gasteiger charge is 2.21. The van der Waals surface area contributed by atoms with Crippen LogP contribution in [-0.2, 0) is 0 Å². The van der Waals surface area contributed by atoms with Crippen LogP contribution in [0, 0.1) is 0 Å². The number of ether oxygens (including phenoxy) is 1. The zero-order valence-corrected chi connectivity index (χ0v) is 16.5. The predicted molar refractivity (Wildman–Crippen MR) is 97.9 cm³/mol. The van der Waals surface area contributed by atoms with Crippen molar-refractivity contribution in [3.05, 3.63) is 48.0 Å². The van der Waals surface area contributed by atoms with Crippen LogP contribution in [0.3, 0.4) is 0 Å². The summed E-state index contributed by atoms with van der Waals surface area (Å²) < 4.78 is 7.54. The number of nitrogens with one attached hydrogen (secondary N) is 1. The molecule has 0 bridgehead atoms. The minimum Gasteiger partial charge on any atom is -0.495 e. The molecule has 0 amide bonds. The van der Waals surface area contributed by atoms with Crippen molar-refractivity contribution < 1.29 is 4.74 Å². The number of methoxy groups -OCH3 is 1. The largest absolute Gasteiger partial charge is 0.495 e. The molecule has 0 saturated carbocycles. The van der Waals surface area contributed by atoms with Gasteiger partial charge in [0.2, 0.25) is 0 Å². The molecule has 0 aliphatic rings. The molecule has 1 N–H and O–H groups in total. The Morgan fingerprint density at radius 3 is 2.67 bits per heavy atom. The molecule has 1 heterocycles. The van der Waals surface area contributed by atoms with Gasteiger partial charge < -0.3 is 10.1 Å². The summed E-state index contributed by atoms with van der Waals surface area (Å²) in [5, 5.41) is 6.41. The average Bonchev–Trinajstić information content (AvgIpc) is 2.85. The molecular formula is C15H16Br2ClNOS. The fourth-order valence-corrected chi connectivity index (χ4v) is 4.38. The molecule has 0 radical (unpaired) electrons. The molecule has 1 atom stereocenters. The highest BCUT2D eigenvalue weighted by molar-refractivity contribution is 9.11. The lowest BCUT2D eigenvalue weighted by Gasteiger charge is -2.22. The molecule has 1 aromatic carbocycles. The van der Waals surface area contributed by atoms with Crippen LogP contribution in [0.25, 0.3) is 0 Å². The van der Waals surface area contributed by atoms with Crippen LogP contribution in [0.2, 0.25) is 5.02 Å². The van der Waals surface area contributed by atoms with Gasteiger partial charge >= 0.3 is 0 Å². The number of rotatable bonds is 6. The summed E-state index contributed by atoms with van der Waals surface area (Å²) in [5.74, 6) is 0.815. The van der Waals surface area contributed by atoms with Gasteiger partial charge in [-0.1, -0.05) is 18.5 Å². The molecule has 0 fully saturated rings. The summed E-state index contributed by atoms with van der Waals surface area (Å²) in [6.45, 7) is 3.07. The first-order valence-corrected chi connectivity index (χ1v) is 9.41. The first-order valence-electron chi connectivity index (χ1n) is 6.57. The van der Waals surface area contributed by atoms with Crippen LogP contribution >= 0.6 is 54.8 Å². The number of hydrogen-bond acceptors (Lipinski definition) is 3. The predicted octanol–water partition coefficient (Wildman–Crippen LogP) is 6.02. The van der Waals surface area contributed by atoms with Crippen LogP contribution in [0.4, 0.5) is 0 Å². The lowest BCUT2D eigenvalue weighted by molar-refractivity contribution is 0.401. The van der Waals surface area contributed by atoms with E-state index in [4.69, 9.17) is 16.3 Å². The first kappa shape index (κ1) is 17.3. The number of hydrogen-bond donors (Lipinski definition) is 1. The van der Waals surface area contributed by atoms with Crippen LogP contribution in [-0.4, -0.2) is 13.7 Å². The lowest BCUT2D eigenvalue weighted by atomic mass is 10.00. The van der Waals surface area contributed by atoms with Gasteiger partial charge in [-0.25, -0.2) is 0 Å². The number of thiophene rings is 1. The first-order chi connectivity index (χ1) is 10.1. The van der Waals surface area contributed by atoms with Gasteiger partial charge in [0.05, 0.1) is 21.4 Å². The summed E-state index contributed by atoms with van der Waals surface area (Å²) in [6, 6.07) is 6.00. The normalized spacial score (nSPS) is 12.4. The molecule has 2 rings (SSSR count). The summed E-state index contributed by atoms with van der Waals surface area (Å²) >= 11 is 15.0. The highest BCUT2D eigenvalue weighted by Crippen LogP contribution is 2.39. The van der Waals surface area contributed by atoms with E-state index in [1.54, 1.807) is 18.4 Å². The van der Waals surface area contributed by atoms with Crippen molar-refractivity contribution in [3.8, 4) is 5.75 Å². The van der Waals surface area contributed by atoms with Crippen molar-refractivity contribution in [3.63, 3.8) is 0 Å². The van der Waals surface area contributed by atoms with Gasteiger partial charge in [-0.3, -0.25) is 0 Å². The molecule has 6 heteroatoms. The van der Waals surface area contributed by atoms with Crippen molar-refractivity contribution in [1.82, 2.24) is 5.32 Å². The Labute approximate surface area is 151 Å². The Morgan fingerprint density at radius 1 is 1.33 bits per heavy atom. The Hall–Kier alpha value is -0.0700. The molecule has 1 aromatic heterocycles. The smallest absolute Gasteiger partial charge is 0.138 e. The molecule has 2 nitrogen and oxygen atoms in total. The fraction of sp³-hybridized carbons (Fsp3) is 0.333. The van der Waals surface area contributed by atoms with Gasteiger partial charge in [-0.05, 0) is 74.0 Å². The molecule has 0 aliphatic carbocycles. The second-order valence-corrected chi connectivity index (χ2v) is 8.16.